The lowest BCUT2D eigenvalue weighted by Crippen LogP contribution is -2.01. The van der Waals surface area contributed by atoms with Crippen molar-refractivity contribution >= 4 is 11.5 Å². The molecular formula is C14H17NO. The molecule has 1 aromatic carbocycles. The number of carbonyl (C=O) groups is 1. The summed E-state index contributed by atoms with van der Waals surface area (Å²) in [6, 6.07) is 7.54. The monoisotopic (exact) mass is 215 g/mol. The topological polar surface area (TPSA) is 29.1 Å². The third-order valence-electron chi connectivity index (χ3n) is 2.37. The van der Waals surface area contributed by atoms with Crippen LogP contribution in [0.2, 0.25) is 0 Å². The van der Waals surface area contributed by atoms with Crippen molar-refractivity contribution in [3.63, 3.8) is 0 Å². The van der Waals surface area contributed by atoms with Crippen molar-refractivity contribution in [3.05, 3.63) is 29.8 Å². The van der Waals surface area contributed by atoms with Gasteiger partial charge in [0.2, 0.25) is 0 Å². The zero-order valence-corrected chi connectivity index (χ0v) is 9.62. The lowest BCUT2D eigenvalue weighted by Gasteiger charge is -2.05. The first kappa shape index (κ1) is 12.3. The Bertz CT molecular complexity index is 373. The van der Waals surface area contributed by atoms with E-state index in [1.165, 1.54) is 0 Å². The highest BCUT2D eigenvalue weighted by Gasteiger charge is 1.98. The van der Waals surface area contributed by atoms with Gasteiger partial charge in [0.15, 0.2) is 5.78 Å². The zero-order valence-electron chi connectivity index (χ0n) is 9.62. The number of ketones is 1. The highest BCUT2D eigenvalue weighted by Crippen LogP contribution is 2.10. The summed E-state index contributed by atoms with van der Waals surface area (Å²) in [5.74, 6) is 2.72. The molecule has 0 aromatic heterocycles. The molecular weight excluding hydrogens is 198 g/mol. The Kier molecular flexibility index (Phi) is 5.15. The van der Waals surface area contributed by atoms with Gasteiger partial charge in [-0.2, -0.15) is 0 Å². The van der Waals surface area contributed by atoms with Gasteiger partial charge in [0.1, 0.15) is 0 Å². The number of hydrogen-bond donors (Lipinski definition) is 1. The summed E-state index contributed by atoms with van der Waals surface area (Å²) in [5, 5.41) is 3.29. The summed E-state index contributed by atoms with van der Waals surface area (Å²) < 4.78 is 0. The molecule has 0 heterocycles. The number of Topliss-reactive ketones (excluding diaryl/α,β-unsaturated/α-hetero) is 1. The highest BCUT2D eigenvalue weighted by atomic mass is 16.1. The Balaban J connectivity index is 2.33. The molecule has 2 nitrogen and oxygen atoms in total. The van der Waals surface area contributed by atoms with E-state index in [1.54, 1.807) is 6.92 Å². The minimum atomic E-state index is 0.0978. The first-order chi connectivity index (χ1) is 7.74. The maximum absolute atomic E-state index is 11.0. The number of hydrogen-bond acceptors (Lipinski definition) is 2. The van der Waals surface area contributed by atoms with Crippen molar-refractivity contribution in [3.8, 4) is 12.3 Å². The molecule has 0 fully saturated rings. The molecule has 16 heavy (non-hydrogen) atoms. The van der Waals surface area contributed by atoms with E-state index in [4.69, 9.17) is 6.42 Å². The van der Waals surface area contributed by atoms with Crippen LogP contribution in [0.25, 0.3) is 0 Å². The molecule has 0 spiro atoms. The number of anilines is 1. The summed E-state index contributed by atoms with van der Waals surface area (Å²) in [4.78, 5) is 11.0. The zero-order chi connectivity index (χ0) is 11.8. The fraction of sp³-hybridized carbons (Fsp3) is 0.357. The molecule has 0 amide bonds. The summed E-state index contributed by atoms with van der Waals surface area (Å²) in [7, 11) is 0. The van der Waals surface area contributed by atoms with Crippen molar-refractivity contribution in [2.75, 3.05) is 11.9 Å². The third kappa shape index (κ3) is 4.18. The molecule has 2 heteroatoms. The van der Waals surface area contributed by atoms with Crippen LogP contribution in [0, 0.1) is 12.3 Å². The smallest absolute Gasteiger partial charge is 0.159 e. The van der Waals surface area contributed by atoms with Crippen molar-refractivity contribution in [1.29, 1.82) is 0 Å². The number of benzene rings is 1. The molecule has 0 aliphatic rings. The van der Waals surface area contributed by atoms with E-state index in [0.717, 1.165) is 37.1 Å². The van der Waals surface area contributed by atoms with Crippen molar-refractivity contribution in [2.45, 2.75) is 26.2 Å². The second-order valence-corrected chi connectivity index (χ2v) is 3.72. The maximum atomic E-state index is 11.0. The molecule has 0 aliphatic heterocycles. The average molecular weight is 215 g/mol. The predicted molar refractivity (Wildman–Crippen MR) is 67.6 cm³/mol. The lowest BCUT2D eigenvalue weighted by molar-refractivity contribution is 0.101. The second kappa shape index (κ2) is 6.68. The summed E-state index contributed by atoms with van der Waals surface area (Å²) >= 11 is 0. The van der Waals surface area contributed by atoms with Crippen LogP contribution in [0.15, 0.2) is 24.3 Å². The first-order valence-electron chi connectivity index (χ1n) is 5.52. The molecule has 0 saturated heterocycles. The van der Waals surface area contributed by atoms with E-state index in [2.05, 4.69) is 11.2 Å². The van der Waals surface area contributed by atoms with E-state index >= 15 is 0 Å². The summed E-state index contributed by atoms with van der Waals surface area (Å²) in [5.41, 5.74) is 1.79. The van der Waals surface area contributed by atoms with Crippen molar-refractivity contribution < 1.29 is 4.79 Å². The SMILES string of the molecule is C#CCCCCNc1ccc(C(C)=O)cc1. The molecule has 0 unspecified atom stereocenters. The van der Waals surface area contributed by atoms with Crippen molar-refractivity contribution in [2.24, 2.45) is 0 Å². The van der Waals surface area contributed by atoms with Crippen LogP contribution in [0.3, 0.4) is 0 Å². The van der Waals surface area contributed by atoms with Gasteiger partial charge in [-0.15, -0.1) is 12.3 Å². The van der Waals surface area contributed by atoms with E-state index < -0.39 is 0 Å². The fourth-order valence-electron chi connectivity index (χ4n) is 1.41. The van der Waals surface area contributed by atoms with Gasteiger partial charge in [0.25, 0.3) is 0 Å². The maximum Gasteiger partial charge on any atom is 0.159 e. The molecule has 1 aromatic rings. The largest absolute Gasteiger partial charge is 0.385 e. The molecule has 0 saturated carbocycles. The van der Waals surface area contributed by atoms with Gasteiger partial charge >= 0.3 is 0 Å². The number of carbonyl (C=O) groups excluding carboxylic acids is 1. The molecule has 0 aliphatic carbocycles. The minimum Gasteiger partial charge on any atom is -0.385 e. The standard InChI is InChI=1S/C14H17NO/c1-3-4-5-6-11-15-14-9-7-13(8-10-14)12(2)16/h1,7-10,15H,4-6,11H2,2H3. The molecule has 1 N–H and O–H groups in total. The quantitative estimate of drug-likeness (QED) is 0.449. The number of terminal acetylenes is 1. The van der Waals surface area contributed by atoms with Gasteiger partial charge in [-0.1, -0.05) is 0 Å². The number of unbranched alkanes of at least 4 members (excludes halogenated alkanes) is 2. The van der Waals surface area contributed by atoms with Crippen LogP contribution in [-0.4, -0.2) is 12.3 Å². The van der Waals surface area contributed by atoms with Gasteiger partial charge in [-0.3, -0.25) is 4.79 Å². The lowest BCUT2D eigenvalue weighted by atomic mass is 10.1. The Morgan fingerprint density at radius 3 is 2.56 bits per heavy atom. The Hall–Kier alpha value is -1.75. The fourth-order valence-corrected chi connectivity index (χ4v) is 1.41. The van der Waals surface area contributed by atoms with Crippen LogP contribution in [-0.2, 0) is 0 Å². The van der Waals surface area contributed by atoms with Crippen LogP contribution < -0.4 is 5.32 Å². The second-order valence-electron chi connectivity index (χ2n) is 3.72. The Morgan fingerprint density at radius 1 is 1.31 bits per heavy atom. The molecule has 84 valence electrons. The minimum absolute atomic E-state index is 0.0978. The molecule has 1 rings (SSSR count). The van der Waals surface area contributed by atoms with Gasteiger partial charge in [-0.05, 0) is 44.0 Å². The van der Waals surface area contributed by atoms with Crippen LogP contribution in [0.5, 0.6) is 0 Å². The van der Waals surface area contributed by atoms with Gasteiger partial charge in [0, 0.05) is 24.2 Å². The van der Waals surface area contributed by atoms with Crippen LogP contribution in [0.1, 0.15) is 36.5 Å². The van der Waals surface area contributed by atoms with E-state index in [-0.39, 0.29) is 5.78 Å². The first-order valence-corrected chi connectivity index (χ1v) is 5.52. The average Bonchev–Trinajstić information content (AvgIpc) is 2.29. The summed E-state index contributed by atoms with van der Waals surface area (Å²) in [6.45, 7) is 2.49. The van der Waals surface area contributed by atoms with Gasteiger partial charge < -0.3 is 5.32 Å². The van der Waals surface area contributed by atoms with Gasteiger partial charge in [-0.25, -0.2) is 0 Å². The normalized spacial score (nSPS) is 9.50. The van der Waals surface area contributed by atoms with Crippen molar-refractivity contribution in [1.82, 2.24) is 0 Å². The van der Waals surface area contributed by atoms with E-state index in [0.29, 0.717) is 0 Å². The number of rotatable bonds is 6. The third-order valence-corrected chi connectivity index (χ3v) is 2.37. The molecule has 0 atom stereocenters. The van der Waals surface area contributed by atoms with E-state index in [1.807, 2.05) is 24.3 Å². The van der Waals surface area contributed by atoms with E-state index in [9.17, 15) is 4.79 Å². The predicted octanol–water partition coefficient (Wildman–Crippen LogP) is 3.10. The Morgan fingerprint density at radius 2 is 2.00 bits per heavy atom. The number of nitrogens with one attached hydrogen (secondary N) is 1. The van der Waals surface area contributed by atoms with Crippen LogP contribution in [0.4, 0.5) is 5.69 Å². The van der Waals surface area contributed by atoms with Crippen LogP contribution >= 0.6 is 0 Å². The Labute approximate surface area is 97.1 Å². The highest BCUT2D eigenvalue weighted by molar-refractivity contribution is 5.94. The van der Waals surface area contributed by atoms with Gasteiger partial charge in [0.05, 0.1) is 0 Å². The molecule has 0 radical (unpaired) electrons. The summed E-state index contributed by atoms with van der Waals surface area (Å²) in [6.07, 6.45) is 8.12. The molecule has 0 bridgehead atoms.